The summed E-state index contributed by atoms with van der Waals surface area (Å²) in [6.45, 7) is 5.11. The normalized spacial score (nSPS) is 28.3. The maximum absolute atomic E-state index is 6.10. The number of hydrogen-bond acceptors (Lipinski definition) is 2. The molecule has 0 saturated heterocycles. The summed E-state index contributed by atoms with van der Waals surface area (Å²) in [6, 6.07) is 1.66. The Bertz CT molecular complexity index is 401. The highest BCUT2D eigenvalue weighted by Crippen LogP contribution is 2.31. The van der Waals surface area contributed by atoms with Gasteiger partial charge < -0.3 is 4.74 Å². The van der Waals surface area contributed by atoms with Crippen molar-refractivity contribution in [3.63, 3.8) is 0 Å². The Morgan fingerprint density at radius 1 is 1.22 bits per heavy atom. The molecule has 100 valence electrons. The van der Waals surface area contributed by atoms with Gasteiger partial charge in [-0.2, -0.15) is 0 Å². The molecule has 1 aromatic heterocycles. The van der Waals surface area contributed by atoms with Gasteiger partial charge in [0.05, 0.1) is 17.7 Å². The van der Waals surface area contributed by atoms with E-state index in [4.69, 9.17) is 27.9 Å². The van der Waals surface area contributed by atoms with Crippen molar-refractivity contribution >= 4 is 23.2 Å². The van der Waals surface area contributed by atoms with E-state index in [0.29, 0.717) is 22.9 Å². The Kier molecular flexibility index (Phi) is 4.88. The van der Waals surface area contributed by atoms with E-state index in [2.05, 4.69) is 18.8 Å². The fraction of sp³-hybridized carbons (Fsp3) is 0.643. The van der Waals surface area contributed by atoms with Gasteiger partial charge in [0.1, 0.15) is 5.15 Å². The summed E-state index contributed by atoms with van der Waals surface area (Å²) in [6.07, 6.45) is 5.63. The fourth-order valence-corrected chi connectivity index (χ4v) is 3.18. The maximum Gasteiger partial charge on any atom is 0.130 e. The molecule has 0 aromatic carbocycles. The van der Waals surface area contributed by atoms with Crippen LogP contribution in [0.25, 0.3) is 0 Å². The molecule has 2 nitrogen and oxygen atoms in total. The highest BCUT2D eigenvalue weighted by Gasteiger charge is 2.24. The second kappa shape index (κ2) is 6.23. The second-order valence-electron chi connectivity index (χ2n) is 5.45. The van der Waals surface area contributed by atoms with Crippen LogP contribution in [-0.4, -0.2) is 11.1 Å². The average Bonchev–Trinajstić information content (AvgIpc) is 2.26. The summed E-state index contributed by atoms with van der Waals surface area (Å²) in [5, 5.41) is 1.05. The third-order valence-corrected chi connectivity index (χ3v) is 4.06. The predicted molar refractivity (Wildman–Crippen MR) is 75.0 cm³/mol. The van der Waals surface area contributed by atoms with Crippen LogP contribution in [0, 0.1) is 11.8 Å². The molecule has 4 heteroatoms. The minimum absolute atomic E-state index is 0.343. The van der Waals surface area contributed by atoms with E-state index in [-0.39, 0.29) is 0 Å². The smallest absolute Gasteiger partial charge is 0.130 e. The third-order valence-electron chi connectivity index (χ3n) is 3.51. The molecule has 0 radical (unpaired) electrons. The van der Waals surface area contributed by atoms with Crippen LogP contribution in [0.5, 0.6) is 0 Å². The van der Waals surface area contributed by atoms with E-state index in [1.165, 1.54) is 6.42 Å². The molecule has 1 aromatic rings. The summed E-state index contributed by atoms with van der Waals surface area (Å²) in [5.74, 6) is 1.50. The van der Waals surface area contributed by atoms with E-state index >= 15 is 0 Å². The van der Waals surface area contributed by atoms with Crippen molar-refractivity contribution in [2.45, 2.75) is 45.8 Å². The second-order valence-corrected chi connectivity index (χ2v) is 6.24. The molecule has 1 heterocycles. The van der Waals surface area contributed by atoms with Gasteiger partial charge in [-0.3, -0.25) is 0 Å². The van der Waals surface area contributed by atoms with Gasteiger partial charge in [-0.05, 0) is 37.2 Å². The molecule has 1 aliphatic rings. The minimum Gasteiger partial charge on any atom is -0.373 e. The summed E-state index contributed by atoms with van der Waals surface area (Å²) < 4.78 is 5.96. The molecule has 0 spiro atoms. The molecule has 2 unspecified atom stereocenters. The highest BCUT2D eigenvalue weighted by molar-refractivity contribution is 6.34. The quantitative estimate of drug-likeness (QED) is 0.750. The van der Waals surface area contributed by atoms with Crippen molar-refractivity contribution in [3.05, 3.63) is 28.0 Å². The Morgan fingerprint density at radius 3 is 2.50 bits per heavy atom. The van der Waals surface area contributed by atoms with E-state index in [9.17, 15) is 0 Å². The number of ether oxygens (including phenoxy) is 1. The van der Waals surface area contributed by atoms with Crippen molar-refractivity contribution in [1.29, 1.82) is 0 Å². The van der Waals surface area contributed by atoms with Crippen molar-refractivity contribution in [2.24, 2.45) is 11.8 Å². The number of halogens is 2. The Balaban J connectivity index is 1.91. The maximum atomic E-state index is 6.10. The summed E-state index contributed by atoms with van der Waals surface area (Å²) in [7, 11) is 0. The number of nitrogens with zero attached hydrogens (tertiary/aromatic N) is 1. The van der Waals surface area contributed by atoms with Crippen molar-refractivity contribution in [1.82, 2.24) is 4.98 Å². The molecular formula is C14H19Cl2NO. The molecule has 0 aliphatic heterocycles. The molecule has 1 aliphatic carbocycles. The number of aromatic nitrogens is 1. The molecule has 2 atom stereocenters. The Morgan fingerprint density at radius 2 is 1.89 bits per heavy atom. The first-order valence-corrected chi connectivity index (χ1v) is 7.21. The van der Waals surface area contributed by atoms with Crippen molar-refractivity contribution < 1.29 is 4.74 Å². The first kappa shape index (κ1) is 14.1. The van der Waals surface area contributed by atoms with Crippen LogP contribution < -0.4 is 0 Å². The van der Waals surface area contributed by atoms with Crippen LogP contribution in [0.2, 0.25) is 10.2 Å². The van der Waals surface area contributed by atoms with Crippen molar-refractivity contribution in [2.75, 3.05) is 0 Å². The van der Waals surface area contributed by atoms with Gasteiger partial charge in [-0.1, -0.05) is 37.0 Å². The number of hydrogen-bond donors (Lipinski definition) is 0. The molecule has 1 fully saturated rings. The molecule has 1 saturated carbocycles. The van der Waals surface area contributed by atoms with Crippen LogP contribution in [-0.2, 0) is 11.3 Å². The van der Waals surface area contributed by atoms with Gasteiger partial charge in [0.2, 0.25) is 0 Å². The average molecular weight is 288 g/mol. The molecule has 0 N–H and O–H groups in total. The van der Waals surface area contributed by atoms with Gasteiger partial charge in [0.15, 0.2) is 0 Å². The number of rotatable bonds is 3. The van der Waals surface area contributed by atoms with Crippen LogP contribution in [0.3, 0.4) is 0 Å². The van der Waals surface area contributed by atoms with Crippen LogP contribution in [0.1, 0.15) is 38.7 Å². The van der Waals surface area contributed by atoms with E-state index < -0.39 is 0 Å². The highest BCUT2D eigenvalue weighted by atomic mass is 35.5. The minimum atomic E-state index is 0.343. The topological polar surface area (TPSA) is 22.1 Å². The monoisotopic (exact) mass is 287 g/mol. The zero-order chi connectivity index (χ0) is 13.1. The van der Waals surface area contributed by atoms with Gasteiger partial charge in [-0.15, -0.1) is 0 Å². The Hall–Kier alpha value is -0.310. The predicted octanol–water partition coefficient (Wildman–Crippen LogP) is 4.73. The molecule has 0 bridgehead atoms. The summed E-state index contributed by atoms with van der Waals surface area (Å²) in [4.78, 5) is 4.03. The first-order chi connectivity index (χ1) is 8.54. The van der Waals surface area contributed by atoms with Gasteiger partial charge in [0.25, 0.3) is 0 Å². The van der Waals surface area contributed by atoms with E-state index in [0.717, 1.165) is 30.2 Å². The zero-order valence-electron chi connectivity index (χ0n) is 10.8. The standard InChI is InChI=1S/C14H19Cl2NO/c1-9-3-10(2)5-12(4-9)18-8-11-7-17-14(16)6-13(11)15/h6-7,9-10,12H,3-5,8H2,1-2H3. The van der Waals surface area contributed by atoms with Crippen LogP contribution >= 0.6 is 23.2 Å². The third kappa shape index (κ3) is 3.84. The summed E-state index contributed by atoms with van der Waals surface area (Å²) >= 11 is 11.9. The van der Waals surface area contributed by atoms with Gasteiger partial charge in [0, 0.05) is 11.8 Å². The SMILES string of the molecule is CC1CC(C)CC(OCc2cnc(Cl)cc2Cl)C1. The lowest BCUT2D eigenvalue weighted by Crippen LogP contribution is -2.26. The van der Waals surface area contributed by atoms with E-state index in [1.54, 1.807) is 12.3 Å². The van der Waals surface area contributed by atoms with Gasteiger partial charge >= 0.3 is 0 Å². The first-order valence-electron chi connectivity index (χ1n) is 6.46. The lowest BCUT2D eigenvalue weighted by Gasteiger charge is -2.31. The van der Waals surface area contributed by atoms with Crippen molar-refractivity contribution in [3.8, 4) is 0 Å². The van der Waals surface area contributed by atoms with Crippen LogP contribution in [0.15, 0.2) is 12.3 Å². The van der Waals surface area contributed by atoms with Crippen LogP contribution in [0.4, 0.5) is 0 Å². The molecule has 18 heavy (non-hydrogen) atoms. The molecule has 2 rings (SSSR count). The fourth-order valence-electron chi connectivity index (χ4n) is 2.76. The molecule has 0 amide bonds. The lowest BCUT2D eigenvalue weighted by atomic mass is 9.82. The van der Waals surface area contributed by atoms with E-state index in [1.807, 2.05) is 0 Å². The lowest BCUT2D eigenvalue weighted by molar-refractivity contribution is -0.00921. The largest absolute Gasteiger partial charge is 0.373 e. The van der Waals surface area contributed by atoms with Gasteiger partial charge in [-0.25, -0.2) is 4.98 Å². The number of pyridine rings is 1. The summed E-state index contributed by atoms with van der Waals surface area (Å²) in [5.41, 5.74) is 0.909. The Labute approximate surface area is 119 Å². The molecular weight excluding hydrogens is 269 g/mol. The zero-order valence-corrected chi connectivity index (χ0v) is 12.3.